The van der Waals surface area contributed by atoms with Gasteiger partial charge < -0.3 is 5.32 Å². The van der Waals surface area contributed by atoms with Gasteiger partial charge in [0, 0.05) is 22.0 Å². The van der Waals surface area contributed by atoms with Gasteiger partial charge in [-0.2, -0.15) is 0 Å². The number of hydrogen-bond acceptors (Lipinski definition) is 4. The number of carbonyl (C=O) groups excluding carboxylic acids is 1. The Morgan fingerprint density at radius 2 is 1.79 bits per heavy atom. The molecule has 0 aliphatic carbocycles. The second kappa shape index (κ2) is 10.00. The van der Waals surface area contributed by atoms with Gasteiger partial charge in [0.15, 0.2) is 11.0 Å². The molecule has 4 rings (SSSR count). The minimum atomic E-state index is -0.112. The molecule has 0 unspecified atom stereocenters. The van der Waals surface area contributed by atoms with Gasteiger partial charge in [0.1, 0.15) is 0 Å². The molecule has 0 saturated heterocycles. The van der Waals surface area contributed by atoms with E-state index in [-0.39, 0.29) is 11.7 Å². The number of aryl methyl sites for hydroxylation is 2. The van der Waals surface area contributed by atoms with Crippen LogP contribution in [0.2, 0.25) is 10.0 Å². The van der Waals surface area contributed by atoms with Crippen molar-refractivity contribution < 1.29 is 4.79 Å². The van der Waals surface area contributed by atoms with Crippen molar-refractivity contribution in [1.29, 1.82) is 0 Å². The van der Waals surface area contributed by atoms with Gasteiger partial charge >= 0.3 is 0 Å². The molecule has 0 aliphatic rings. The van der Waals surface area contributed by atoms with Crippen molar-refractivity contribution in [3.8, 4) is 17.1 Å². The number of amides is 1. The van der Waals surface area contributed by atoms with E-state index >= 15 is 0 Å². The maximum absolute atomic E-state index is 12.7. The third kappa shape index (κ3) is 5.24. The normalized spacial score (nSPS) is 10.9. The summed E-state index contributed by atoms with van der Waals surface area (Å²) < 4.78 is 1.91. The van der Waals surface area contributed by atoms with Gasteiger partial charge in [-0.25, -0.2) is 0 Å². The van der Waals surface area contributed by atoms with Crippen LogP contribution in [0, 0.1) is 20.8 Å². The molecule has 33 heavy (non-hydrogen) atoms. The van der Waals surface area contributed by atoms with Crippen molar-refractivity contribution >= 4 is 46.6 Å². The first-order chi connectivity index (χ1) is 15.8. The molecule has 3 aromatic carbocycles. The smallest absolute Gasteiger partial charge is 0.234 e. The number of thioether (sulfide) groups is 1. The monoisotopic (exact) mass is 496 g/mol. The average Bonchev–Trinajstić information content (AvgIpc) is 3.19. The van der Waals surface area contributed by atoms with Gasteiger partial charge in [0.05, 0.1) is 10.8 Å². The largest absolute Gasteiger partial charge is 0.325 e. The first kappa shape index (κ1) is 23.4. The second-order valence-electron chi connectivity index (χ2n) is 7.69. The van der Waals surface area contributed by atoms with Crippen LogP contribution < -0.4 is 5.32 Å². The van der Waals surface area contributed by atoms with Gasteiger partial charge in [-0.1, -0.05) is 59.2 Å². The lowest BCUT2D eigenvalue weighted by atomic mass is 10.1. The zero-order chi connectivity index (χ0) is 23.5. The molecule has 0 aliphatic heterocycles. The summed E-state index contributed by atoms with van der Waals surface area (Å²) in [5.74, 6) is 0.657. The number of aromatic nitrogens is 3. The van der Waals surface area contributed by atoms with Crippen LogP contribution in [-0.4, -0.2) is 26.4 Å². The Morgan fingerprint density at radius 3 is 2.55 bits per heavy atom. The minimum absolute atomic E-state index is 0.112. The highest BCUT2D eigenvalue weighted by Crippen LogP contribution is 2.33. The first-order valence-corrected chi connectivity index (χ1v) is 12.0. The molecule has 168 valence electrons. The number of anilines is 1. The van der Waals surface area contributed by atoms with Crippen molar-refractivity contribution in [1.82, 2.24) is 14.8 Å². The highest BCUT2D eigenvalue weighted by atomic mass is 35.5. The molecule has 0 radical (unpaired) electrons. The van der Waals surface area contributed by atoms with E-state index in [4.69, 9.17) is 23.2 Å². The Morgan fingerprint density at radius 1 is 1.00 bits per heavy atom. The molecule has 1 amide bonds. The zero-order valence-corrected chi connectivity index (χ0v) is 20.7. The van der Waals surface area contributed by atoms with Crippen LogP contribution in [0.1, 0.15) is 16.7 Å². The van der Waals surface area contributed by atoms with Crippen LogP contribution in [0.25, 0.3) is 17.1 Å². The maximum atomic E-state index is 12.7. The molecule has 0 atom stereocenters. The number of carbonyl (C=O) groups is 1. The minimum Gasteiger partial charge on any atom is -0.325 e. The summed E-state index contributed by atoms with van der Waals surface area (Å²) in [5, 5.41) is 13.4. The van der Waals surface area contributed by atoms with Crippen molar-refractivity contribution in [2.75, 3.05) is 11.1 Å². The van der Waals surface area contributed by atoms with Crippen LogP contribution in [0.4, 0.5) is 5.69 Å². The lowest BCUT2D eigenvalue weighted by Crippen LogP contribution is -2.15. The molecule has 8 heteroatoms. The number of halogens is 2. The van der Waals surface area contributed by atoms with E-state index in [0.29, 0.717) is 26.6 Å². The van der Waals surface area contributed by atoms with Crippen molar-refractivity contribution in [2.24, 2.45) is 0 Å². The summed E-state index contributed by atoms with van der Waals surface area (Å²) >= 11 is 13.9. The summed E-state index contributed by atoms with van der Waals surface area (Å²) in [7, 11) is 0. The second-order valence-corrected chi connectivity index (χ2v) is 9.48. The fourth-order valence-electron chi connectivity index (χ4n) is 3.41. The Kier molecular flexibility index (Phi) is 7.08. The van der Waals surface area contributed by atoms with Crippen LogP contribution in [0.3, 0.4) is 0 Å². The van der Waals surface area contributed by atoms with Crippen LogP contribution in [-0.2, 0) is 4.79 Å². The van der Waals surface area contributed by atoms with Crippen molar-refractivity contribution in [2.45, 2.75) is 25.9 Å². The van der Waals surface area contributed by atoms with Crippen LogP contribution in [0.15, 0.2) is 65.8 Å². The van der Waals surface area contributed by atoms with E-state index < -0.39 is 0 Å². The SMILES string of the molecule is Cc1cccc(-n2c(SCC(=O)Nc3cccc(C)c3C)nnc2-c2ccc(Cl)cc2Cl)c1. The van der Waals surface area contributed by atoms with Gasteiger partial charge in [-0.3, -0.25) is 9.36 Å². The summed E-state index contributed by atoms with van der Waals surface area (Å²) in [6.45, 7) is 6.04. The van der Waals surface area contributed by atoms with E-state index in [9.17, 15) is 4.79 Å². The first-order valence-electron chi connectivity index (χ1n) is 10.3. The number of nitrogens with one attached hydrogen (secondary N) is 1. The topological polar surface area (TPSA) is 59.8 Å². The molecular weight excluding hydrogens is 475 g/mol. The van der Waals surface area contributed by atoms with Crippen molar-refractivity contribution in [3.63, 3.8) is 0 Å². The fourth-order valence-corrected chi connectivity index (χ4v) is 4.66. The maximum Gasteiger partial charge on any atom is 0.234 e. The molecule has 1 aromatic heterocycles. The van der Waals surface area contributed by atoms with E-state index in [1.54, 1.807) is 12.1 Å². The zero-order valence-electron chi connectivity index (χ0n) is 18.4. The Hall–Kier alpha value is -2.80. The van der Waals surface area contributed by atoms with E-state index in [0.717, 1.165) is 28.1 Å². The lowest BCUT2D eigenvalue weighted by Gasteiger charge is -2.13. The molecular formula is C25H22Cl2N4OS. The molecule has 0 spiro atoms. The van der Waals surface area contributed by atoms with Crippen LogP contribution >= 0.6 is 35.0 Å². The van der Waals surface area contributed by atoms with Crippen LogP contribution in [0.5, 0.6) is 0 Å². The van der Waals surface area contributed by atoms with E-state index in [1.165, 1.54) is 11.8 Å². The predicted octanol–water partition coefficient (Wildman–Crippen LogP) is 6.90. The number of rotatable bonds is 6. The summed E-state index contributed by atoms with van der Waals surface area (Å²) in [6, 6.07) is 19.1. The molecule has 0 saturated carbocycles. The molecule has 1 heterocycles. The Bertz CT molecular complexity index is 1340. The van der Waals surface area contributed by atoms with E-state index in [1.807, 2.05) is 73.9 Å². The predicted molar refractivity (Wildman–Crippen MR) is 137 cm³/mol. The molecule has 4 aromatic rings. The molecule has 0 fully saturated rings. The average molecular weight is 497 g/mol. The van der Waals surface area contributed by atoms with E-state index in [2.05, 4.69) is 15.5 Å². The number of nitrogens with zero attached hydrogens (tertiary/aromatic N) is 3. The highest BCUT2D eigenvalue weighted by Gasteiger charge is 2.19. The molecule has 0 bridgehead atoms. The van der Waals surface area contributed by atoms with Gasteiger partial charge in [0.25, 0.3) is 0 Å². The number of benzene rings is 3. The Labute approximate surface area is 207 Å². The molecule has 1 N–H and O–H groups in total. The lowest BCUT2D eigenvalue weighted by molar-refractivity contribution is -0.113. The third-order valence-corrected chi connectivity index (χ3v) is 6.75. The van der Waals surface area contributed by atoms with Gasteiger partial charge in [0.2, 0.25) is 5.91 Å². The summed E-state index contributed by atoms with van der Waals surface area (Å²) in [5.41, 5.74) is 5.69. The van der Waals surface area contributed by atoms with Gasteiger partial charge in [-0.05, 0) is 73.9 Å². The Balaban J connectivity index is 1.65. The third-order valence-electron chi connectivity index (χ3n) is 5.28. The number of hydrogen-bond donors (Lipinski definition) is 1. The molecule has 5 nitrogen and oxygen atoms in total. The highest BCUT2D eigenvalue weighted by molar-refractivity contribution is 7.99. The summed E-state index contributed by atoms with van der Waals surface area (Å²) in [6.07, 6.45) is 0. The van der Waals surface area contributed by atoms with Crippen molar-refractivity contribution in [3.05, 3.63) is 87.4 Å². The summed E-state index contributed by atoms with van der Waals surface area (Å²) in [4.78, 5) is 12.7. The standard InChI is InChI=1S/C25H22Cl2N4OS/c1-15-6-4-8-19(12-15)31-24(20-11-10-18(26)13-21(20)27)29-30-25(31)33-14-23(32)28-22-9-5-7-16(2)17(22)3/h4-13H,14H2,1-3H3,(H,28,32). The quantitative estimate of drug-likeness (QED) is 0.295. The fraction of sp³-hybridized carbons (Fsp3) is 0.160. The van der Waals surface area contributed by atoms with Gasteiger partial charge in [-0.15, -0.1) is 10.2 Å².